The summed E-state index contributed by atoms with van der Waals surface area (Å²) in [6.45, 7) is 5.47. The van der Waals surface area contributed by atoms with Crippen LogP contribution in [0.5, 0.6) is 0 Å². The largest absolute Gasteiger partial charge is 0.364 e. The summed E-state index contributed by atoms with van der Waals surface area (Å²) in [5.41, 5.74) is 1.68. The summed E-state index contributed by atoms with van der Waals surface area (Å²) in [6.07, 6.45) is 5.03. The zero-order valence-electron chi connectivity index (χ0n) is 6.37. The molecule has 1 N–H and O–H groups in total. The second-order valence-corrected chi connectivity index (χ2v) is 1.94. The fourth-order valence-corrected chi connectivity index (χ4v) is 0.767. The Hall–Kier alpha value is -1.51. The van der Waals surface area contributed by atoms with Crippen molar-refractivity contribution < 1.29 is 4.52 Å². The van der Waals surface area contributed by atoms with Crippen molar-refractivity contribution in [3.05, 3.63) is 36.9 Å². The molecule has 0 amide bonds. The summed E-state index contributed by atoms with van der Waals surface area (Å²) < 4.78 is 4.68. The highest BCUT2D eigenvalue weighted by molar-refractivity contribution is 5.60. The van der Waals surface area contributed by atoms with Crippen molar-refractivity contribution in [2.45, 2.75) is 6.92 Å². The Morgan fingerprint density at radius 3 is 3.09 bits per heavy atom. The van der Waals surface area contributed by atoms with E-state index in [9.17, 15) is 0 Å². The van der Waals surface area contributed by atoms with Crippen molar-refractivity contribution in [3.8, 4) is 0 Å². The quantitative estimate of drug-likeness (QED) is 0.713. The van der Waals surface area contributed by atoms with Crippen LogP contribution in [0.1, 0.15) is 12.6 Å². The predicted octanol–water partition coefficient (Wildman–Crippen LogP) is 1.77. The van der Waals surface area contributed by atoms with Crippen LogP contribution in [-0.2, 0) is 0 Å². The van der Waals surface area contributed by atoms with Crippen LogP contribution in [0.2, 0.25) is 0 Å². The van der Waals surface area contributed by atoms with Gasteiger partial charge in [-0.1, -0.05) is 17.8 Å². The fraction of sp³-hybridized carbons (Fsp3) is 0.125. The summed E-state index contributed by atoms with van der Waals surface area (Å²) in [7, 11) is 0. The first kappa shape index (κ1) is 7.60. The van der Waals surface area contributed by atoms with Gasteiger partial charge in [-0.25, -0.2) is 0 Å². The van der Waals surface area contributed by atoms with E-state index in [2.05, 4.69) is 21.6 Å². The Bertz CT molecular complexity index is 249. The van der Waals surface area contributed by atoms with E-state index in [0.717, 1.165) is 11.4 Å². The number of rotatable bonds is 3. The first-order valence-corrected chi connectivity index (χ1v) is 3.33. The van der Waals surface area contributed by atoms with Crippen LogP contribution in [0.25, 0.3) is 5.70 Å². The van der Waals surface area contributed by atoms with Gasteiger partial charge in [0.1, 0.15) is 12.0 Å². The van der Waals surface area contributed by atoms with Crippen LogP contribution in [0.15, 0.2) is 35.7 Å². The highest BCUT2D eigenvalue weighted by Crippen LogP contribution is 2.06. The van der Waals surface area contributed by atoms with Gasteiger partial charge in [0.15, 0.2) is 0 Å². The van der Waals surface area contributed by atoms with E-state index in [-0.39, 0.29) is 0 Å². The molecule has 11 heavy (non-hydrogen) atoms. The van der Waals surface area contributed by atoms with Crippen LogP contribution in [-0.4, -0.2) is 5.16 Å². The number of allylic oxidation sites excluding steroid dienone is 1. The number of hydrogen-bond donors (Lipinski definition) is 1. The lowest BCUT2D eigenvalue weighted by Crippen LogP contribution is -2.02. The summed E-state index contributed by atoms with van der Waals surface area (Å²) >= 11 is 0. The van der Waals surface area contributed by atoms with Crippen molar-refractivity contribution in [2.24, 2.45) is 0 Å². The normalized spacial score (nSPS) is 11.2. The third-order valence-electron chi connectivity index (χ3n) is 1.26. The van der Waals surface area contributed by atoms with Gasteiger partial charge in [0.25, 0.3) is 0 Å². The lowest BCUT2D eigenvalue weighted by molar-refractivity contribution is 0.417. The number of hydrogen-bond acceptors (Lipinski definition) is 3. The van der Waals surface area contributed by atoms with Crippen molar-refractivity contribution >= 4 is 5.70 Å². The molecule has 0 radical (unpaired) electrons. The molecule has 0 saturated heterocycles. The second kappa shape index (κ2) is 3.61. The Labute approximate surface area is 65.4 Å². The van der Waals surface area contributed by atoms with Crippen molar-refractivity contribution in [2.75, 3.05) is 0 Å². The lowest BCUT2D eigenvalue weighted by atomic mass is 10.3. The summed E-state index contributed by atoms with van der Waals surface area (Å²) in [5.74, 6) is 0. The molecule has 1 aromatic rings. The minimum atomic E-state index is 0.785. The number of nitrogens with one attached hydrogen (secondary N) is 1. The van der Waals surface area contributed by atoms with E-state index in [0.29, 0.717) is 0 Å². The SMILES string of the molecule is C=CN/C(=C\C)c1ccon1. The molecule has 0 unspecified atom stereocenters. The topological polar surface area (TPSA) is 38.1 Å². The Morgan fingerprint density at radius 2 is 2.64 bits per heavy atom. The molecule has 0 aromatic carbocycles. The molecule has 1 aromatic heterocycles. The van der Waals surface area contributed by atoms with Crippen molar-refractivity contribution in [1.29, 1.82) is 0 Å². The van der Waals surface area contributed by atoms with Crippen LogP contribution < -0.4 is 5.32 Å². The number of aromatic nitrogens is 1. The highest BCUT2D eigenvalue weighted by Gasteiger charge is 1.99. The third-order valence-corrected chi connectivity index (χ3v) is 1.26. The van der Waals surface area contributed by atoms with Crippen LogP contribution in [0.3, 0.4) is 0 Å². The van der Waals surface area contributed by atoms with Gasteiger partial charge in [-0.05, 0) is 13.1 Å². The first-order valence-electron chi connectivity index (χ1n) is 3.33. The van der Waals surface area contributed by atoms with Crippen LogP contribution in [0.4, 0.5) is 0 Å². The minimum absolute atomic E-state index is 0.785. The van der Waals surface area contributed by atoms with Gasteiger partial charge in [0.05, 0.1) is 5.70 Å². The van der Waals surface area contributed by atoms with Gasteiger partial charge >= 0.3 is 0 Å². The van der Waals surface area contributed by atoms with E-state index >= 15 is 0 Å². The van der Waals surface area contributed by atoms with E-state index in [1.165, 1.54) is 6.26 Å². The Kier molecular flexibility index (Phi) is 2.49. The molecule has 0 saturated carbocycles. The van der Waals surface area contributed by atoms with Crippen LogP contribution >= 0.6 is 0 Å². The predicted molar refractivity (Wildman–Crippen MR) is 43.5 cm³/mol. The molecule has 0 aliphatic heterocycles. The molecular weight excluding hydrogens is 140 g/mol. The van der Waals surface area contributed by atoms with Gasteiger partial charge in [-0.3, -0.25) is 0 Å². The zero-order valence-corrected chi connectivity index (χ0v) is 6.37. The average Bonchev–Trinajstić information content (AvgIpc) is 2.52. The lowest BCUT2D eigenvalue weighted by Gasteiger charge is -1.99. The maximum absolute atomic E-state index is 4.68. The fourth-order valence-electron chi connectivity index (χ4n) is 0.767. The monoisotopic (exact) mass is 150 g/mol. The van der Waals surface area contributed by atoms with Gasteiger partial charge in [-0.15, -0.1) is 0 Å². The van der Waals surface area contributed by atoms with Gasteiger partial charge in [0, 0.05) is 6.07 Å². The summed E-state index contributed by atoms with van der Waals surface area (Å²) in [6, 6.07) is 1.78. The summed E-state index contributed by atoms with van der Waals surface area (Å²) in [5, 5.41) is 6.69. The minimum Gasteiger partial charge on any atom is -0.364 e. The third kappa shape index (κ3) is 1.70. The molecular formula is C8H10N2O. The highest BCUT2D eigenvalue weighted by atomic mass is 16.5. The second-order valence-electron chi connectivity index (χ2n) is 1.94. The smallest absolute Gasteiger partial charge is 0.129 e. The molecule has 3 nitrogen and oxygen atoms in total. The Balaban J connectivity index is 2.80. The molecule has 0 aliphatic rings. The van der Waals surface area contributed by atoms with Gasteiger partial charge in [-0.2, -0.15) is 0 Å². The van der Waals surface area contributed by atoms with E-state index in [1.807, 2.05) is 13.0 Å². The summed E-state index contributed by atoms with van der Waals surface area (Å²) in [4.78, 5) is 0. The molecule has 3 heteroatoms. The molecule has 1 rings (SSSR count). The van der Waals surface area contributed by atoms with Crippen LogP contribution in [0, 0.1) is 0 Å². The molecule has 0 spiro atoms. The zero-order chi connectivity index (χ0) is 8.10. The van der Waals surface area contributed by atoms with Gasteiger partial charge < -0.3 is 9.84 Å². The van der Waals surface area contributed by atoms with E-state index in [1.54, 1.807) is 12.3 Å². The standard InChI is InChI=1S/C8H10N2O/c1-3-7(9-4-2)8-5-6-11-10-8/h3-6,9H,2H2,1H3/b7-3-. The first-order chi connectivity index (χ1) is 5.38. The molecule has 0 bridgehead atoms. The van der Waals surface area contributed by atoms with Gasteiger partial charge in [0.2, 0.25) is 0 Å². The molecule has 0 fully saturated rings. The molecule has 0 atom stereocenters. The molecule has 0 aliphatic carbocycles. The molecule has 1 heterocycles. The maximum atomic E-state index is 4.68. The Morgan fingerprint density at radius 1 is 1.82 bits per heavy atom. The number of nitrogens with zero attached hydrogens (tertiary/aromatic N) is 1. The molecule has 58 valence electrons. The van der Waals surface area contributed by atoms with Crippen molar-refractivity contribution in [1.82, 2.24) is 10.5 Å². The maximum Gasteiger partial charge on any atom is 0.129 e. The average molecular weight is 150 g/mol. The van der Waals surface area contributed by atoms with E-state index < -0.39 is 0 Å². The van der Waals surface area contributed by atoms with Crippen molar-refractivity contribution in [3.63, 3.8) is 0 Å². The van der Waals surface area contributed by atoms with E-state index in [4.69, 9.17) is 0 Å².